The van der Waals surface area contributed by atoms with Crippen LogP contribution in [0.15, 0.2) is 0 Å². The summed E-state index contributed by atoms with van der Waals surface area (Å²) in [6, 6.07) is 0. The first-order valence-corrected chi connectivity index (χ1v) is 2.62. The Kier molecular flexibility index (Phi) is 1.11. The zero-order valence-electron chi connectivity index (χ0n) is 4.53. The molecule has 1 rings (SSSR count). The molecule has 1 fully saturated rings. The Hall–Kier alpha value is -0.370. The van der Waals surface area contributed by atoms with Crippen molar-refractivity contribution >= 4 is 5.78 Å². The number of hydrogen-bond donors (Lipinski definition) is 1. The molecule has 0 saturated carbocycles. The molecule has 0 aromatic heterocycles. The minimum atomic E-state index is 0.414. The second-order valence-corrected chi connectivity index (χ2v) is 2.17. The maximum absolute atomic E-state index is 10.4. The summed E-state index contributed by atoms with van der Waals surface area (Å²) in [6.45, 7) is 1.79. The van der Waals surface area contributed by atoms with E-state index in [-0.39, 0.29) is 0 Å². The lowest BCUT2D eigenvalue weighted by atomic mass is 10.4. The fourth-order valence-electron chi connectivity index (χ4n) is 0.866. The highest BCUT2D eigenvalue weighted by atomic mass is 16.1. The molecule has 0 radical (unpaired) electrons. The van der Waals surface area contributed by atoms with E-state index in [2.05, 4.69) is 0 Å². The SMILES string of the molecule is C[NH+]1CCC(=O)C1. The molecular formula is C5H10NO+. The molecular weight excluding hydrogens is 90.1 g/mol. The van der Waals surface area contributed by atoms with Crippen molar-refractivity contribution in [2.45, 2.75) is 6.42 Å². The van der Waals surface area contributed by atoms with Crippen molar-refractivity contribution in [1.82, 2.24) is 0 Å². The van der Waals surface area contributed by atoms with Crippen molar-refractivity contribution in [2.24, 2.45) is 0 Å². The summed E-state index contributed by atoms with van der Waals surface area (Å²) in [6.07, 6.45) is 0.797. The van der Waals surface area contributed by atoms with Crippen LogP contribution in [0.3, 0.4) is 0 Å². The molecule has 40 valence electrons. The minimum absolute atomic E-state index is 0.414. The van der Waals surface area contributed by atoms with Gasteiger partial charge in [0.05, 0.1) is 20.0 Å². The molecule has 7 heavy (non-hydrogen) atoms. The monoisotopic (exact) mass is 100 g/mol. The van der Waals surface area contributed by atoms with Gasteiger partial charge in [0.2, 0.25) is 0 Å². The van der Waals surface area contributed by atoms with Gasteiger partial charge in [-0.1, -0.05) is 0 Å². The Morgan fingerprint density at radius 2 is 2.43 bits per heavy atom. The van der Waals surface area contributed by atoms with E-state index in [1.165, 1.54) is 4.90 Å². The van der Waals surface area contributed by atoms with Crippen LogP contribution in [0.2, 0.25) is 0 Å². The van der Waals surface area contributed by atoms with Crippen molar-refractivity contribution in [3.05, 3.63) is 0 Å². The highest BCUT2D eigenvalue weighted by Crippen LogP contribution is 1.79. The molecule has 1 saturated heterocycles. The maximum atomic E-state index is 10.4. The van der Waals surface area contributed by atoms with Crippen LogP contribution < -0.4 is 4.90 Å². The number of rotatable bonds is 0. The fraction of sp³-hybridized carbons (Fsp3) is 0.800. The number of quaternary nitrogens is 1. The lowest BCUT2D eigenvalue weighted by Crippen LogP contribution is -3.07. The van der Waals surface area contributed by atoms with E-state index in [4.69, 9.17) is 0 Å². The van der Waals surface area contributed by atoms with Gasteiger partial charge in [0.25, 0.3) is 0 Å². The first kappa shape index (κ1) is 4.78. The summed E-state index contributed by atoms with van der Waals surface area (Å²) in [5.74, 6) is 0.414. The van der Waals surface area contributed by atoms with Crippen LogP contribution in [0.25, 0.3) is 0 Å². The van der Waals surface area contributed by atoms with E-state index in [1.54, 1.807) is 0 Å². The normalized spacial score (nSPS) is 31.6. The van der Waals surface area contributed by atoms with Gasteiger partial charge in [-0.25, -0.2) is 0 Å². The summed E-state index contributed by atoms with van der Waals surface area (Å²) < 4.78 is 0. The van der Waals surface area contributed by atoms with Crippen LogP contribution >= 0.6 is 0 Å². The quantitative estimate of drug-likeness (QED) is 0.392. The smallest absolute Gasteiger partial charge is 0.192 e. The summed E-state index contributed by atoms with van der Waals surface area (Å²) >= 11 is 0. The first-order chi connectivity index (χ1) is 3.29. The van der Waals surface area contributed by atoms with Crippen molar-refractivity contribution in [1.29, 1.82) is 0 Å². The van der Waals surface area contributed by atoms with Crippen molar-refractivity contribution in [3.63, 3.8) is 0 Å². The third-order valence-corrected chi connectivity index (χ3v) is 1.33. The van der Waals surface area contributed by atoms with Crippen molar-refractivity contribution < 1.29 is 9.69 Å². The predicted molar refractivity (Wildman–Crippen MR) is 26.2 cm³/mol. The Morgan fingerprint density at radius 3 is 2.57 bits per heavy atom. The minimum Gasteiger partial charge on any atom is -0.331 e. The Labute approximate surface area is 43.1 Å². The number of carbonyl (C=O) groups excluding carboxylic acids is 1. The van der Waals surface area contributed by atoms with Crippen LogP contribution in [0, 0.1) is 0 Å². The molecule has 1 atom stereocenters. The van der Waals surface area contributed by atoms with Crippen LogP contribution in [0.1, 0.15) is 6.42 Å². The van der Waals surface area contributed by atoms with Crippen molar-refractivity contribution in [2.75, 3.05) is 20.1 Å². The number of likely N-dealkylation sites (N-methyl/N-ethyl adjacent to an activating group) is 1. The van der Waals surface area contributed by atoms with Crippen LogP contribution in [-0.4, -0.2) is 25.9 Å². The predicted octanol–water partition coefficient (Wildman–Crippen LogP) is -1.53. The Balaban J connectivity index is 2.40. The highest BCUT2D eigenvalue weighted by molar-refractivity contribution is 5.80. The van der Waals surface area contributed by atoms with E-state index >= 15 is 0 Å². The first-order valence-electron chi connectivity index (χ1n) is 2.62. The van der Waals surface area contributed by atoms with Gasteiger partial charge >= 0.3 is 0 Å². The van der Waals surface area contributed by atoms with E-state index in [1.807, 2.05) is 7.05 Å². The average molecular weight is 100 g/mol. The topological polar surface area (TPSA) is 21.5 Å². The van der Waals surface area contributed by atoms with Gasteiger partial charge in [-0.15, -0.1) is 0 Å². The molecule has 0 aliphatic carbocycles. The molecule has 2 nitrogen and oxygen atoms in total. The van der Waals surface area contributed by atoms with Gasteiger partial charge in [-0.3, -0.25) is 4.79 Å². The van der Waals surface area contributed by atoms with Gasteiger partial charge in [0.1, 0.15) is 6.54 Å². The standard InChI is InChI=1S/C5H9NO/c1-6-3-2-5(7)4-6/h2-4H2,1H3/p+1. The van der Waals surface area contributed by atoms with Gasteiger partial charge in [-0.05, 0) is 0 Å². The largest absolute Gasteiger partial charge is 0.331 e. The molecule has 1 aliphatic rings. The van der Waals surface area contributed by atoms with Crippen LogP contribution in [0.4, 0.5) is 0 Å². The molecule has 0 amide bonds. The average Bonchev–Trinajstić information content (AvgIpc) is 1.87. The van der Waals surface area contributed by atoms with E-state index < -0.39 is 0 Å². The number of likely N-dealkylation sites (tertiary alicyclic amines) is 1. The zero-order chi connectivity index (χ0) is 5.28. The van der Waals surface area contributed by atoms with E-state index in [0.717, 1.165) is 19.5 Å². The molecule has 0 aromatic rings. The number of carbonyl (C=O) groups is 1. The number of ketones is 1. The third kappa shape index (κ3) is 0.996. The number of Topliss-reactive ketones (excluding diaryl/α,β-unsaturated/α-hetero) is 1. The molecule has 1 heterocycles. The van der Waals surface area contributed by atoms with Crippen molar-refractivity contribution in [3.8, 4) is 0 Å². The number of nitrogens with one attached hydrogen (secondary N) is 1. The van der Waals surface area contributed by atoms with E-state index in [0.29, 0.717) is 5.78 Å². The van der Waals surface area contributed by atoms with Gasteiger partial charge < -0.3 is 4.90 Å². The summed E-state index contributed by atoms with van der Waals surface area (Å²) in [5, 5.41) is 0. The summed E-state index contributed by atoms with van der Waals surface area (Å²) in [5.41, 5.74) is 0. The molecule has 0 spiro atoms. The van der Waals surface area contributed by atoms with Gasteiger partial charge in [0, 0.05) is 0 Å². The molecule has 1 N–H and O–H groups in total. The molecule has 1 aliphatic heterocycles. The second-order valence-electron chi connectivity index (χ2n) is 2.17. The van der Waals surface area contributed by atoms with Crippen LogP contribution in [0.5, 0.6) is 0 Å². The lowest BCUT2D eigenvalue weighted by molar-refractivity contribution is -0.862. The second kappa shape index (κ2) is 1.62. The summed E-state index contributed by atoms with van der Waals surface area (Å²) in [7, 11) is 2.05. The zero-order valence-corrected chi connectivity index (χ0v) is 4.53. The molecule has 0 bridgehead atoms. The summed E-state index contributed by atoms with van der Waals surface area (Å²) in [4.78, 5) is 11.8. The van der Waals surface area contributed by atoms with Gasteiger partial charge in [-0.2, -0.15) is 0 Å². The Morgan fingerprint density at radius 1 is 1.71 bits per heavy atom. The molecule has 2 heteroatoms. The third-order valence-electron chi connectivity index (χ3n) is 1.33. The number of hydrogen-bond acceptors (Lipinski definition) is 1. The lowest BCUT2D eigenvalue weighted by Gasteiger charge is -1.97. The molecule has 1 unspecified atom stereocenters. The maximum Gasteiger partial charge on any atom is 0.192 e. The fourth-order valence-corrected chi connectivity index (χ4v) is 0.866. The van der Waals surface area contributed by atoms with Gasteiger partial charge in [0.15, 0.2) is 5.78 Å². The Bertz CT molecular complexity index is 90.1. The van der Waals surface area contributed by atoms with Crippen LogP contribution in [-0.2, 0) is 4.79 Å². The molecule has 0 aromatic carbocycles. The highest BCUT2D eigenvalue weighted by Gasteiger charge is 2.17. The van der Waals surface area contributed by atoms with E-state index in [9.17, 15) is 4.79 Å².